The summed E-state index contributed by atoms with van der Waals surface area (Å²) >= 11 is 0. The number of hydrogen-bond acceptors (Lipinski definition) is 4. The van der Waals surface area contributed by atoms with Crippen molar-refractivity contribution in [1.29, 1.82) is 0 Å². The van der Waals surface area contributed by atoms with Crippen LogP contribution >= 0.6 is 0 Å². The number of aromatic nitrogens is 2. The van der Waals surface area contributed by atoms with Crippen LogP contribution in [0.2, 0.25) is 0 Å². The van der Waals surface area contributed by atoms with Crippen molar-refractivity contribution in [2.45, 2.75) is 19.4 Å². The summed E-state index contributed by atoms with van der Waals surface area (Å²) in [5.41, 5.74) is -0.0413. The first-order chi connectivity index (χ1) is 7.13. The second-order valence-corrected chi connectivity index (χ2v) is 3.05. The molecule has 1 aromatic rings. The molecular formula is C10H11N3O2. The maximum absolute atomic E-state index is 10.6. The highest BCUT2D eigenvalue weighted by Crippen LogP contribution is 2.06. The number of terminal acetylenes is 1. The minimum atomic E-state index is -1.08. The third-order valence-electron chi connectivity index (χ3n) is 1.70. The summed E-state index contributed by atoms with van der Waals surface area (Å²) in [5, 5.41) is 11.7. The zero-order chi connectivity index (χ0) is 11.3. The number of carboxylic acids is 1. The van der Waals surface area contributed by atoms with Gasteiger partial charge in [0.05, 0.1) is 0 Å². The molecule has 78 valence electrons. The molecule has 15 heavy (non-hydrogen) atoms. The van der Waals surface area contributed by atoms with Crippen molar-refractivity contribution >= 4 is 11.8 Å². The van der Waals surface area contributed by atoms with Gasteiger partial charge in [-0.25, -0.2) is 14.8 Å². The van der Waals surface area contributed by atoms with Gasteiger partial charge in [-0.1, -0.05) is 0 Å². The van der Waals surface area contributed by atoms with Crippen LogP contribution in [0, 0.1) is 12.3 Å². The Labute approximate surface area is 87.6 Å². The van der Waals surface area contributed by atoms with Crippen molar-refractivity contribution in [1.82, 2.24) is 9.97 Å². The maximum Gasteiger partial charge on any atom is 0.354 e. The Morgan fingerprint density at radius 1 is 1.73 bits per heavy atom. The van der Waals surface area contributed by atoms with Crippen LogP contribution in [0.3, 0.4) is 0 Å². The average Bonchev–Trinajstić information content (AvgIpc) is 2.18. The lowest BCUT2D eigenvalue weighted by Gasteiger charge is -2.10. The smallest absolute Gasteiger partial charge is 0.354 e. The summed E-state index contributed by atoms with van der Waals surface area (Å²) < 4.78 is 0. The first kappa shape index (κ1) is 11.0. The van der Waals surface area contributed by atoms with Crippen LogP contribution in [0.15, 0.2) is 12.4 Å². The molecule has 2 N–H and O–H groups in total. The number of nitrogens with one attached hydrogen (secondary N) is 1. The predicted octanol–water partition coefficient (Wildman–Crippen LogP) is 0.998. The van der Waals surface area contributed by atoms with Gasteiger partial charge < -0.3 is 10.4 Å². The quantitative estimate of drug-likeness (QED) is 0.717. The molecule has 0 bridgehead atoms. The lowest BCUT2D eigenvalue weighted by Crippen LogP contribution is -2.15. The van der Waals surface area contributed by atoms with E-state index in [1.807, 2.05) is 6.92 Å². The molecule has 1 unspecified atom stereocenters. The molecule has 0 aliphatic heterocycles. The van der Waals surface area contributed by atoms with Crippen molar-refractivity contribution in [3.05, 3.63) is 18.1 Å². The summed E-state index contributed by atoms with van der Waals surface area (Å²) in [5.74, 6) is 1.89. The van der Waals surface area contributed by atoms with E-state index in [9.17, 15) is 4.79 Å². The van der Waals surface area contributed by atoms with E-state index in [0.717, 1.165) is 0 Å². The third kappa shape index (κ3) is 3.27. The van der Waals surface area contributed by atoms with Crippen molar-refractivity contribution in [2.24, 2.45) is 0 Å². The number of carboxylic acid groups (broad SMARTS) is 1. The lowest BCUT2D eigenvalue weighted by molar-refractivity contribution is 0.0690. The van der Waals surface area contributed by atoms with Gasteiger partial charge in [-0.2, -0.15) is 0 Å². The van der Waals surface area contributed by atoms with Gasteiger partial charge >= 0.3 is 5.97 Å². The highest BCUT2D eigenvalue weighted by molar-refractivity contribution is 5.85. The summed E-state index contributed by atoms with van der Waals surface area (Å²) in [6.45, 7) is 1.89. The molecule has 0 radical (unpaired) electrons. The fourth-order valence-corrected chi connectivity index (χ4v) is 1.03. The Hall–Kier alpha value is -2.09. The molecule has 5 heteroatoms. The number of nitrogens with zero attached hydrogens (tertiary/aromatic N) is 2. The van der Waals surface area contributed by atoms with E-state index in [-0.39, 0.29) is 11.7 Å². The zero-order valence-electron chi connectivity index (χ0n) is 8.27. The molecule has 0 saturated heterocycles. The number of rotatable bonds is 4. The van der Waals surface area contributed by atoms with Gasteiger partial charge in [-0.05, 0) is 6.92 Å². The standard InChI is InChI=1S/C10H11N3O2/c1-3-4-7(2)13-9-5-8(10(14)15)11-6-12-9/h1,5-7H,4H2,2H3,(H,14,15)(H,11,12,13). The normalized spacial score (nSPS) is 11.5. The predicted molar refractivity (Wildman–Crippen MR) is 55.5 cm³/mol. The van der Waals surface area contributed by atoms with Crippen molar-refractivity contribution in [2.75, 3.05) is 5.32 Å². The average molecular weight is 205 g/mol. The molecule has 0 saturated carbocycles. The van der Waals surface area contributed by atoms with Crippen molar-refractivity contribution < 1.29 is 9.90 Å². The van der Waals surface area contributed by atoms with E-state index in [0.29, 0.717) is 12.2 Å². The van der Waals surface area contributed by atoms with E-state index < -0.39 is 5.97 Å². The summed E-state index contributed by atoms with van der Waals surface area (Å²) in [7, 11) is 0. The van der Waals surface area contributed by atoms with Gasteiger partial charge in [0.1, 0.15) is 12.1 Å². The molecule has 5 nitrogen and oxygen atoms in total. The van der Waals surface area contributed by atoms with Crippen LogP contribution in [0.1, 0.15) is 23.8 Å². The molecule has 0 fully saturated rings. The maximum atomic E-state index is 10.6. The monoisotopic (exact) mass is 205 g/mol. The fraction of sp³-hybridized carbons (Fsp3) is 0.300. The van der Waals surface area contributed by atoms with E-state index in [1.165, 1.54) is 12.4 Å². The molecule has 0 aliphatic carbocycles. The van der Waals surface area contributed by atoms with Crippen LogP contribution in [0.5, 0.6) is 0 Å². The number of carbonyl (C=O) groups is 1. The minimum Gasteiger partial charge on any atom is -0.477 e. The minimum absolute atomic E-state index is 0.0413. The van der Waals surface area contributed by atoms with Crippen molar-refractivity contribution in [3.63, 3.8) is 0 Å². The van der Waals surface area contributed by atoms with Crippen LogP contribution in [-0.2, 0) is 0 Å². The summed E-state index contributed by atoms with van der Waals surface area (Å²) in [4.78, 5) is 18.1. The van der Waals surface area contributed by atoms with Gasteiger partial charge in [0.15, 0.2) is 5.69 Å². The molecule has 1 aromatic heterocycles. The van der Waals surface area contributed by atoms with Crippen molar-refractivity contribution in [3.8, 4) is 12.3 Å². The largest absolute Gasteiger partial charge is 0.477 e. The topological polar surface area (TPSA) is 75.1 Å². The molecular weight excluding hydrogens is 194 g/mol. The highest BCUT2D eigenvalue weighted by atomic mass is 16.4. The molecule has 1 atom stereocenters. The Morgan fingerprint density at radius 3 is 3.07 bits per heavy atom. The Balaban J connectivity index is 2.74. The second kappa shape index (κ2) is 4.96. The van der Waals surface area contributed by atoms with E-state index in [2.05, 4.69) is 21.2 Å². The van der Waals surface area contributed by atoms with Gasteiger partial charge in [0.2, 0.25) is 0 Å². The SMILES string of the molecule is C#CCC(C)Nc1cc(C(=O)O)ncn1. The molecule has 0 aliphatic rings. The number of aromatic carboxylic acids is 1. The molecule has 0 aromatic carbocycles. The first-order valence-corrected chi connectivity index (χ1v) is 4.39. The van der Waals surface area contributed by atoms with E-state index in [4.69, 9.17) is 11.5 Å². The molecule has 0 amide bonds. The molecule has 1 heterocycles. The number of hydrogen-bond donors (Lipinski definition) is 2. The Bertz CT molecular complexity index is 398. The molecule has 1 rings (SSSR count). The third-order valence-corrected chi connectivity index (χ3v) is 1.70. The van der Waals surface area contributed by atoms with E-state index in [1.54, 1.807) is 0 Å². The van der Waals surface area contributed by atoms with Crippen LogP contribution < -0.4 is 5.32 Å². The van der Waals surface area contributed by atoms with Crippen LogP contribution in [-0.4, -0.2) is 27.1 Å². The number of anilines is 1. The summed E-state index contributed by atoms with van der Waals surface area (Å²) in [6, 6.07) is 1.42. The first-order valence-electron chi connectivity index (χ1n) is 4.39. The second-order valence-electron chi connectivity index (χ2n) is 3.05. The highest BCUT2D eigenvalue weighted by Gasteiger charge is 2.07. The zero-order valence-corrected chi connectivity index (χ0v) is 8.27. The van der Waals surface area contributed by atoms with Gasteiger partial charge in [0.25, 0.3) is 0 Å². The van der Waals surface area contributed by atoms with Crippen LogP contribution in [0.25, 0.3) is 0 Å². The Morgan fingerprint density at radius 2 is 2.47 bits per heavy atom. The van der Waals surface area contributed by atoms with Gasteiger partial charge in [-0.3, -0.25) is 0 Å². The van der Waals surface area contributed by atoms with Gasteiger partial charge in [-0.15, -0.1) is 12.3 Å². The Kier molecular flexibility index (Phi) is 3.63. The fourth-order valence-electron chi connectivity index (χ4n) is 1.03. The van der Waals surface area contributed by atoms with Crippen LogP contribution in [0.4, 0.5) is 5.82 Å². The van der Waals surface area contributed by atoms with Gasteiger partial charge in [0, 0.05) is 18.5 Å². The van der Waals surface area contributed by atoms with E-state index >= 15 is 0 Å². The summed E-state index contributed by atoms with van der Waals surface area (Å²) in [6.07, 6.45) is 6.90. The molecule has 0 spiro atoms. The lowest BCUT2D eigenvalue weighted by atomic mass is 10.2.